The van der Waals surface area contributed by atoms with Crippen molar-refractivity contribution < 1.29 is 27.9 Å². The molecule has 0 aliphatic carbocycles. The van der Waals surface area contributed by atoms with E-state index in [2.05, 4.69) is 15.3 Å². The third-order valence-corrected chi connectivity index (χ3v) is 5.41. The van der Waals surface area contributed by atoms with Gasteiger partial charge in [0, 0.05) is 24.3 Å². The Morgan fingerprint density at radius 3 is 2.34 bits per heavy atom. The summed E-state index contributed by atoms with van der Waals surface area (Å²) in [5.41, 5.74) is 0.708. The smallest absolute Gasteiger partial charge is 0.416 e. The van der Waals surface area contributed by atoms with Crippen LogP contribution in [0.2, 0.25) is 0 Å². The molecule has 3 aromatic rings. The predicted octanol–water partition coefficient (Wildman–Crippen LogP) is 4.33. The minimum atomic E-state index is -4.47. The average Bonchev–Trinajstić information content (AvgIpc) is 2.78. The number of alkyl halides is 3. The van der Waals surface area contributed by atoms with Crippen LogP contribution >= 0.6 is 0 Å². The molecule has 10 heteroatoms. The van der Waals surface area contributed by atoms with E-state index in [-0.39, 0.29) is 17.2 Å². The highest BCUT2D eigenvalue weighted by Gasteiger charge is 2.31. The van der Waals surface area contributed by atoms with Gasteiger partial charge in [-0.15, -0.1) is 0 Å². The fourth-order valence-electron chi connectivity index (χ4n) is 3.60. The first-order chi connectivity index (χ1) is 15.2. The maximum atomic E-state index is 12.9. The fraction of sp³-hybridized carbons (Fsp3) is 0.273. The Balaban J connectivity index is 1.45. The number of carboxylic acid groups (broad SMARTS) is 1. The van der Waals surface area contributed by atoms with Gasteiger partial charge in [0.15, 0.2) is 0 Å². The second kappa shape index (κ2) is 8.45. The molecule has 1 aliphatic heterocycles. The summed E-state index contributed by atoms with van der Waals surface area (Å²) in [6.07, 6.45) is -2.19. The van der Waals surface area contributed by atoms with E-state index in [1.165, 1.54) is 12.3 Å². The molecule has 1 amide bonds. The molecule has 0 bridgehead atoms. The second-order valence-corrected chi connectivity index (χ2v) is 7.56. The summed E-state index contributed by atoms with van der Waals surface area (Å²) >= 11 is 0. The maximum absolute atomic E-state index is 12.9. The lowest BCUT2D eigenvalue weighted by atomic mass is 9.96. The van der Waals surface area contributed by atoms with Crippen molar-refractivity contribution in [2.24, 2.45) is 5.92 Å². The van der Waals surface area contributed by atoms with E-state index in [1.807, 2.05) is 0 Å². The first kappa shape index (κ1) is 21.5. The first-order valence-electron chi connectivity index (χ1n) is 9.94. The number of fused-ring (bicyclic) bond motifs is 1. The van der Waals surface area contributed by atoms with Crippen LogP contribution in [0.4, 0.5) is 24.7 Å². The Hall–Kier alpha value is -3.69. The normalized spacial score (nSPS) is 15.0. The number of aliphatic carboxylic acids is 1. The number of aromatic nitrogens is 2. The number of halogens is 3. The molecular formula is C22H19F3N4O3. The lowest BCUT2D eigenvalue weighted by Crippen LogP contribution is -2.40. The van der Waals surface area contributed by atoms with Crippen LogP contribution in [0.1, 0.15) is 28.8 Å². The molecule has 2 N–H and O–H groups in total. The summed E-state index contributed by atoms with van der Waals surface area (Å²) in [6, 6.07) is 9.76. The number of hydrogen-bond acceptors (Lipinski definition) is 5. The number of carboxylic acids is 1. The van der Waals surface area contributed by atoms with E-state index in [1.54, 1.807) is 29.2 Å². The third-order valence-electron chi connectivity index (χ3n) is 5.41. The Bertz CT molecular complexity index is 1160. The summed E-state index contributed by atoms with van der Waals surface area (Å²) in [5, 5.41) is 12.0. The topological polar surface area (TPSA) is 95.4 Å². The van der Waals surface area contributed by atoms with E-state index in [0.29, 0.717) is 42.7 Å². The molecular weight excluding hydrogens is 425 g/mol. The number of piperidine rings is 1. The van der Waals surface area contributed by atoms with Crippen molar-refractivity contribution in [2.45, 2.75) is 19.0 Å². The third kappa shape index (κ3) is 4.63. The van der Waals surface area contributed by atoms with Gasteiger partial charge in [0.1, 0.15) is 5.82 Å². The van der Waals surface area contributed by atoms with Crippen molar-refractivity contribution in [2.75, 3.05) is 18.4 Å². The van der Waals surface area contributed by atoms with E-state index in [9.17, 15) is 22.8 Å². The Morgan fingerprint density at radius 2 is 1.72 bits per heavy atom. The highest BCUT2D eigenvalue weighted by Crippen LogP contribution is 2.31. The van der Waals surface area contributed by atoms with E-state index in [4.69, 9.17) is 5.11 Å². The SMILES string of the molecule is O=C(O)C1CCN(C(=O)c2ccc(Nc3cnc4ccc(C(F)(F)F)cc4n3)cc2)CC1. The minimum Gasteiger partial charge on any atom is -0.481 e. The minimum absolute atomic E-state index is 0.112. The van der Waals surface area contributed by atoms with Crippen molar-refractivity contribution in [1.29, 1.82) is 0 Å². The number of rotatable bonds is 4. The van der Waals surface area contributed by atoms with Crippen LogP contribution < -0.4 is 5.32 Å². The van der Waals surface area contributed by atoms with Gasteiger partial charge < -0.3 is 15.3 Å². The standard InChI is InChI=1S/C22H19F3N4O3/c23-22(24,25)15-3-6-17-18(11-15)28-19(12-26-17)27-16-4-1-13(2-5-16)20(30)29-9-7-14(8-10-29)21(31)32/h1-6,11-12,14H,7-10H2,(H,27,28)(H,31,32). The summed E-state index contributed by atoms with van der Waals surface area (Å²) in [4.78, 5) is 33.7. The largest absolute Gasteiger partial charge is 0.481 e. The van der Waals surface area contributed by atoms with Crippen LogP contribution in [0.5, 0.6) is 0 Å². The summed E-state index contributed by atoms with van der Waals surface area (Å²) in [7, 11) is 0. The van der Waals surface area contributed by atoms with Gasteiger partial charge >= 0.3 is 12.1 Å². The van der Waals surface area contributed by atoms with Crippen LogP contribution in [0.25, 0.3) is 11.0 Å². The number of amides is 1. The molecule has 0 unspecified atom stereocenters. The first-order valence-corrected chi connectivity index (χ1v) is 9.94. The summed E-state index contributed by atoms with van der Waals surface area (Å²) in [5.74, 6) is -1.16. The van der Waals surface area contributed by atoms with Crippen molar-refractivity contribution in [3.63, 3.8) is 0 Å². The van der Waals surface area contributed by atoms with Crippen LogP contribution in [-0.4, -0.2) is 44.9 Å². The molecule has 2 aromatic carbocycles. The van der Waals surface area contributed by atoms with E-state index >= 15 is 0 Å². The highest BCUT2D eigenvalue weighted by molar-refractivity contribution is 5.94. The fourth-order valence-corrected chi connectivity index (χ4v) is 3.60. The zero-order valence-electron chi connectivity index (χ0n) is 16.8. The molecule has 0 saturated carbocycles. The van der Waals surface area contributed by atoms with Crippen LogP contribution in [0, 0.1) is 5.92 Å². The van der Waals surface area contributed by atoms with Crippen molar-refractivity contribution in [3.8, 4) is 0 Å². The number of anilines is 2. The quantitative estimate of drug-likeness (QED) is 0.622. The molecule has 166 valence electrons. The number of likely N-dealkylation sites (tertiary alicyclic amines) is 1. The number of benzene rings is 2. The van der Waals surface area contributed by atoms with E-state index < -0.39 is 23.6 Å². The second-order valence-electron chi connectivity index (χ2n) is 7.56. The molecule has 1 fully saturated rings. The van der Waals surface area contributed by atoms with Gasteiger partial charge in [0.2, 0.25) is 0 Å². The van der Waals surface area contributed by atoms with Gasteiger partial charge in [0.05, 0.1) is 28.7 Å². The lowest BCUT2D eigenvalue weighted by Gasteiger charge is -2.30. The Morgan fingerprint density at radius 1 is 1.03 bits per heavy atom. The van der Waals surface area contributed by atoms with Crippen molar-refractivity contribution in [1.82, 2.24) is 14.9 Å². The molecule has 0 radical (unpaired) electrons. The zero-order valence-corrected chi connectivity index (χ0v) is 16.8. The predicted molar refractivity (Wildman–Crippen MR) is 111 cm³/mol. The Labute approximate surface area is 180 Å². The number of nitrogens with zero attached hydrogens (tertiary/aromatic N) is 3. The van der Waals surface area contributed by atoms with Crippen LogP contribution in [-0.2, 0) is 11.0 Å². The molecule has 1 aromatic heterocycles. The van der Waals surface area contributed by atoms with Crippen molar-refractivity contribution in [3.05, 3.63) is 59.8 Å². The van der Waals surface area contributed by atoms with Crippen LogP contribution in [0.15, 0.2) is 48.7 Å². The summed E-state index contributed by atoms with van der Waals surface area (Å²) < 4.78 is 38.8. The number of hydrogen-bond donors (Lipinski definition) is 2. The molecule has 1 saturated heterocycles. The zero-order chi connectivity index (χ0) is 22.9. The van der Waals surface area contributed by atoms with Gasteiger partial charge in [-0.25, -0.2) is 4.98 Å². The maximum Gasteiger partial charge on any atom is 0.416 e. The molecule has 2 heterocycles. The van der Waals surface area contributed by atoms with Gasteiger partial charge in [-0.05, 0) is 55.3 Å². The molecule has 0 spiro atoms. The monoisotopic (exact) mass is 444 g/mol. The molecule has 4 rings (SSSR count). The van der Waals surface area contributed by atoms with Crippen LogP contribution in [0.3, 0.4) is 0 Å². The van der Waals surface area contributed by atoms with Gasteiger partial charge in [0.25, 0.3) is 5.91 Å². The van der Waals surface area contributed by atoms with Crippen molar-refractivity contribution >= 4 is 34.4 Å². The Kier molecular flexibility index (Phi) is 5.68. The molecule has 7 nitrogen and oxygen atoms in total. The van der Waals surface area contributed by atoms with Gasteiger partial charge in [-0.1, -0.05) is 0 Å². The molecule has 1 aliphatic rings. The number of carbonyl (C=O) groups is 2. The highest BCUT2D eigenvalue weighted by atomic mass is 19.4. The van der Waals surface area contributed by atoms with Gasteiger partial charge in [-0.2, -0.15) is 13.2 Å². The lowest BCUT2D eigenvalue weighted by molar-refractivity contribution is -0.143. The summed E-state index contributed by atoms with van der Waals surface area (Å²) in [6.45, 7) is 0.783. The molecule has 32 heavy (non-hydrogen) atoms. The molecule has 0 atom stereocenters. The van der Waals surface area contributed by atoms with E-state index in [0.717, 1.165) is 12.1 Å². The number of nitrogens with one attached hydrogen (secondary N) is 1. The average molecular weight is 444 g/mol. The van der Waals surface area contributed by atoms with Gasteiger partial charge in [-0.3, -0.25) is 14.6 Å². The number of carbonyl (C=O) groups excluding carboxylic acids is 1.